The van der Waals surface area contributed by atoms with Crippen molar-refractivity contribution >= 4 is 39.0 Å². The van der Waals surface area contributed by atoms with Crippen LogP contribution in [0.1, 0.15) is 46.4 Å². The van der Waals surface area contributed by atoms with E-state index in [0.29, 0.717) is 5.56 Å². The molecule has 1 aromatic carbocycles. The number of rotatable bonds is 5. The van der Waals surface area contributed by atoms with Crippen LogP contribution in [0, 0.1) is 19.8 Å². The molecule has 0 saturated carbocycles. The second kappa shape index (κ2) is 8.70. The third-order valence-electron chi connectivity index (χ3n) is 5.95. The number of nitrogens with one attached hydrogen (secondary N) is 2. The van der Waals surface area contributed by atoms with Crippen LogP contribution in [0.4, 0.5) is 11.5 Å². The predicted molar refractivity (Wildman–Crippen MR) is 124 cm³/mol. The number of likely N-dealkylation sites (tertiary alicyclic amines) is 1. The van der Waals surface area contributed by atoms with Gasteiger partial charge in [-0.3, -0.25) is 9.69 Å². The summed E-state index contributed by atoms with van der Waals surface area (Å²) in [6, 6.07) is 7.47. The van der Waals surface area contributed by atoms with Gasteiger partial charge in [-0.25, -0.2) is 9.97 Å². The van der Waals surface area contributed by atoms with Crippen LogP contribution in [0.5, 0.6) is 0 Å². The number of thiophene rings is 1. The number of aryl methyl sites for hydroxylation is 2. The zero-order valence-electron chi connectivity index (χ0n) is 18.1. The monoisotopic (exact) mass is 423 g/mol. The third kappa shape index (κ3) is 4.32. The Morgan fingerprint density at radius 1 is 1.17 bits per heavy atom. The topological polar surface area (TPSA) is 70.2 Å². The molecule has 0 aliphatic carbocycles. The van der Waals surface area contributed by atoms with Gasteiger partial charge < -0.3 is 10.6 Å². The average Bonchev–Trinajstić information content (AvgIpc) is 3.03. The van der Waals surface area contributed by atoms with E-state index in [1.807, 2.05) is 24.3 Å². The van der Waals surface area contributed by atoms with Crippen molar-refractivity contribution in [2.24, 2.45) is 5.92 Å². The van der Waals surface area contributed by atoms with Crippen molar-refractivity contribution in [3.8, 4) is 0 Å². The second-order valence-electron chi connectivity index (χ2n) is 8.19. The Kier molecular flexibility index (Phi) is 6.01. The first-order valence-corrected chi connectivity index (χ1v) is 11.3. The molecule has 1 aliphatic heterocycles. The van der Waals surface area contributed by atoms with Crippen LogP contribution in [0.2, 0.25) is 0 Å². The number of hydrogen-bond acceptors (Lipinski definition) is 6. The summed E-state index contributed by atoms with van der Waals surface area (Å²) in [5, 5.41) is 7.21. The molecule has 158 valence electrons. The van der Waals surface area contributed by atoms with Crippen molar-refractivity contribution in [1.82, 2.24) is 20.2 Å². The fourth-order valence-electron chi connectivity index (χ4n) is 3.86. The van der Waals surface area contributed by atoms with Gasteiger partial charge in [-0.1, -0.05) is 6.92 Å². The van der Waals surface area contributed by atoms with E-state index < -0.39 is 0 Å². The molecule has 2 aromatic heterocycles. The number of carbonyl (C=O) groups is 1. The standard InChI is InChI=1S/C23H29N5OS/c1-14-9-11-28(12-10-14)13-19-26-21(20-15(2)16(3)30-23(20)27-19)25-18-7-5-17(6-8-18)22(29)24-4/h5-8,14H,9-13H2,1-4H3,(H,24,29)(H,25,26,27). The molecule has 7 heteroatoms. The summed E-state index contributed by atoms with van der Waals surface area (Å²) >= 11 is 1.73. The lowest BCUT2D eigenvalue weighted by atomic mass is 9.99. The first kappa shape index (κ1) is 20.8. The maximum atomic E-state index is 11.8. The molecule has 3 aromatic rings. The molecule has 1 aliphatic rings. The highest BCUT2D eigenvalue weighted by molar-refractivity contribution is 7.18. The normalized spacial score (nSPS) is 15.5. The lowest BCUT2D eigenvalue weighted by Crippen LogP contribution is -2.33. The highest BCUT2D eigenvalue weighted by Gasteiger charge is 2.19. The molecule has 0 spiro atoms. The quantitative estimate of drug-likeness (QED) is 0.625. The summed E-state index contributed by atoms with van der Waals surface area (Å²) in [6.45, 7) is 9.58. The van der Waals surface area contributed by atoms with E-state index in [-0.39, 0.29) is 5.91 Å². The van der Waals surface area contributed by atoms with Gasteiger partial charge >= 0.3 is 0 Å². The number of amides is 1. The van der Waals surface area contributed by atoms with Crippen molar-refractivity contribution in [3.63, 3.8) is 0 Å². The first-order valence-electron chi connectivity index (χ1n) is 10.5. The number of aromatic nitrogens is 2. The molecule has 0 radical (unpaired) electrons. The number of fused-ring (bicyclic) bond motifs is 1. The molecule has 2 N–H and O–H groups in total. The first-order chi connectivity index (χ1) is 14.4. The van der Waals surface area contributed by atoms with Gasteiger partial charge in [-0.2, -0.15) is 0 Å². The molecule has 0 bridgehead atoms. The predicted octanol–water partition coefficient (Wildman–Crippen LogP) is 4.64. The summed E-state index contributed by atoms with van der Waals surface area (Å²) in [6.07, 6.45) is 2.48. The molecule has 30 heavy (non-hydrogen) atoms. The molecule has 6 nitrogen and oxygen atoms in total. The maximum absolute atomic E-state index is 11.8. The Morgan fingerprint density at radius 2 is 1.87 bits per heavy atom. The zero-order chi connectivity index (χ0) is 21.3. The molecule has 4 rings (SSSR count). The number of anilines is 2. The van der Waals surface area contributed by atoms with Crippen LogP contribution in [0.3, 0.4) is 0 Å². The van der Waals surface area contributed by atoms with Gasteiger partial charge in [0.2, 0.25) is 0 Å². The van der Waals surface area contributed by atoms with Crippen LogP contribution in [0.15, 0.2) is 24.3 Å². The van der Waals surface area contributed by atoms with Crippen LogP contribution < -0.4 is 10.6 Å². The van der Waals surface area contributed by atoms with E-state index in [2.05, 4.69) is 36.3 Å². The summed E-state index contributed by atoms with van der Waals surface area (Å²) < 4.78 is 0. The largest absolute Gasteiger partial charge is 0.355 e. The minimum atomic E-state index is -0.0894. The fraction of sp³-hybridized carbons (Fsp3) is 0.435. The lowest BCUT2D eigenvalue weighted by molar-refractivity contribution is 0.0963. The van der Waals surface area contributed by atoms with Gasteiger partial charge in [-0.15, -0.1) is 11.3 Å². The summed E-state index contributed by atoms with van der Waals surface area (Å²) in [5.41, 5.74) is 2.76. The lowest BCUT2D eigenvalue weighted by Gasteiger charge is -2.29. The summed E-state index contributed by atoms with van der Waals surface area (Å²) in [4.78, 5) is 26.4. The Hall–Kier alpha value is -2.51. The zero-order valence-corrected chi connectivity index (χ0v) is 18.9. The maximum Gasteiger partial charge on any atom is 0.251 e. The molecule has 0 unspecified atom stereocenters. The van der Waals surface area contributed by atoms with Gasteiger partial charge in [0, 0.05) is 23.2 Å². The Morgan fingerprint density at radius 3 is 2.53 bits per heavy atom. The Balaban J connectivity index is 1.64. The Bertz CT molecular complexity index is 1050. The van der Waals surface area contributed by atoms with Crippen molar-refractivity contribution in [1.29, 1.82) is 0 Å². The third-order valence-corrected chi connectivity index (χ3v) is 7.05. The minimum absolute atomic E-state index is 0.0894. The molecular weight excluding hydrogens is 394 g/mol. The smallest absolute Gasteiger partial charge is 0.251 e. The van der Waals surface area contributed by atoms with Crippen LogP contribution in [-0.2, 0) is 6.54 Å². The van der Waals surface area contributed by atoms with Crippen molar-refractivity contribution in [2.45, 2.75) is 40.2 Å². The SMILES string of the molecule is CNC(=O)c1ccc(Nc2nc(CN3CCC(C)CC3)nc3sc(C)c(C)c23)cc1. The number of benzene rings is 1. The molecule has 1 saturated heterocycles. The van der Waals surface area contributed by atoms with Crippen molar-refractivity contribution in [3.05, 3.63) is 46.1 Å². The average molecular weight is 424 g/mol. The van der Waals surface area contributed by atoms with Gasteiger partial charge in [0.25, 0.3) is 5.91 Å². The number of nitrogens with zero attached hydrogens (tertiary/aromatic N) is 3. The van der Waals surface area contributed by atoms with E-state index in [1.165, 1.54) is 23.3 Å². The van der Waals surface area contributed by atoms with Crippen molar-refractivity contribution in [2.75, 3.05) is 25.5 Å². The van der Waals surface area contributed by atoms with Gasteiger partial charge in [0.1, 0.15) is 16.5 Å². The van der Waals surface area contributed by atoms with Gasteiger partial charge in [0.15, 0.2) is 0 Å². The fourth-order valence-corrected chi connectivity index (χ4v) is 4.91. The summed E-state index contributed by atoms with van der Waals surface area (Å²) in [5.74, 6) is 2.42. The highest BCUT2D eigenvalue weighted by Crippen LogP contribution is 2.35. The van der Waals surface area contributed by atoms with E-state index in [1.54, 1.807) is 18.4 Å². The molecule has 1 fully saturated rings. The van der Waals surface area contributed by atoms with Crippen molar-refractivity contribution < 1.29 is 4.79 Å². The van der Waals surface area contributed by atoms with E-state index >= 15 is 0 Å². The van der Waals surface area contributed by atoms with Gasteiger partial charge in [0.05, 0.1) is 11.9 Å². The molecule has 0 atom stereocenters. The molecular formula is C23H29N5OS. The molecule has 3 heterocycles. The second-order valence-corrected chi connectivity index (χ2v) is 9.40. The van der Waals surface area contributed by atoms with Crippen LogP contribution >= 0.6 is 11.3 Å². The number of piperidine rings is 1. The highest BCUT2D eigenvalue weighted by atomic mass is 32.1. The van der Waals surface area contributed by atoms with Crippen LogP contribution in [-0.4, -0.2) is 40.9 Å². The van der Waals surface area contributed by atoms with Crippen LogP contribution in [0.25, 0.3) is 10.2 Å². The Labute approximate surface area is 181 Å². The molecule has 1 amide bonds. The minimum Gasteiger partial charge on any atom is -0.355 e. The van der Waals surface area contributed by atoms with E-state index in [4.69, 9.17) is 9.97 Å². The van der Waals surface area contributed by atoms with E-state index in [9.17, 15) is 4.79 Å². The van der Waals surface area contributed by atoms with Gasteiger partial charge in [-0.05, 0) is 75.5 Å². The number of carbonyl (C=O) groups excluding carboxylic acids is 1. The summed E-state index contributed by atoms with van der Waals surface area (Å²) in [7, 11) is 1.64. The van der Waals surface area contributed by atoms with E-state index in [0.717, 1.165) is 53.1 Å². The number of hydrogen-bond donors (Lipinski definition) is 2.